The average Bonchev–Trinajstić information content (AvgIpc) is 2.81. The van der Waals surface area contributed by atoms with E-state index in [0.717, 1.165) is 0 Å². The second-order valence-electron chi connectivity index (χ2n) is 4.58. The Bertz CT molecular complexity index is 807. The molecule has 3 rings (SSSR count). The van der Waals surface area contributed by atoms with Crippen molar-refractivity contribution in [1.82, 2.24) is 9.55 Å². The van der Waals surface area contributed by atoms with E-state index in [2.05, 4.69) is 4.98 Å². The Morgan fingerprint density at radius 1 is 1.24 bits per heavy atom. The van der Waals surface area contributed by atoms with Gasteiger partial charge in [-0.25, -0.2) is 9.78 Å². The maximum atomic E-state index is 11.8. The first-order valence-electron chi connectivity index (χ1n) is 6.67. The highest BCUT2D eigenvalue weighted by molar-refractivity contribution is 5.67. The van der Waals surface area contributed by atoms with E-state index in [0.29, 0.717) is 42.2 Å². The number of pyridine rings is 1. The molecule has 2 heterocycles. The van der Waals surface area contributed by atoms with Crippen molar-refractivity contribution in [2.24, 2.45) is 0 Å². The Morgan fingerprint density at radius 3 is 2.95 bits per heavy atom. The first kappa shape index (κ1) is 13.2. The van der Waals surface area contributed by atoms with E-state index in [9.17, 15) is 4.79 Å². The number of nitrogens with two attached hydrogens (primary N) is 1. The molecule has 0 saturated heterocycles. The van der Waals surface area contributed by atoms with E-state index in [1.54, 1.807) is 24.4 Å². The largest absolute Gasteiger partial charge is 0.491 e. The maximum Gasteiger partial charge on any atom is 0.421 e. The molecule has 2 N–H and O–H groups in total. The minimum atomic E-state index is -0.400. The van der Waals surface area contributed by atoms with Gasteiger partial charge in [-0.3, -0.25) is 4.57 Å². The lowest BCUT2D eigenvalue weighted by atomic mass is 10.3. The molecule has 3 aromatic rings. The summed E-state index contributed by atoms with van der Waals surface area (Å²) in [6.45, 7) is 0.940. The average molecular weight is 285 g/mol. The lowest BCUT2D eigenvalue weighted by Gasteiger charge is -2.08. The number of fused-ring (bicyclic) bond motifs is 1. The summed E-state index contributed by atoms with van der Waals surface area (Å²) in [5.41, 5.74) is 7.45. The van der Waals surface area contributed by atoms with Gasteiger partial charge in [0.15, 0.2) is 11.2 Å². The fourth-order valence-corrected chi connectivity index (χ4v) is 2.11. The summed E-state index contributed by atoms with van der Waals surface area (Å²) in [6.07, 6.45) is 2.29. The first-order valence-corrected chi connectivity index (χ1v) is 6.67. The fraction of sp³-hybridized carbons (Fsp3) is 0.200. The maximum absolute atomic E-state index is 11.8. The van der Waals surface area contributed by atoms with E-state index in [-0.39, 0.29) is 0 Å². The summed E-state index contributed by atoms with van der Waals surface area (Å²) in [5, 5.41) is 0. The number of hydrogen-bond acceptors (Lipinski definition) is 5. The van der Waals surface area contributed by atoms with Crippen molar-refractivity contribution in [2.45, 2.75) is 13.0 Å². The predicted molar refractivity (Wildman–Crippen MR) is 79.2 cm³/mol. The smallest absolute Gasteiger partial charge is 0.421 e. The molecular formula is C15H15N3O3. The highest BCUT2D eigenvalue weighted by Gasteiger charge is 2.09. The Labute approximate surface area is 120 Å². The second-order valence-corrected chi connectivity index (χ2v) is 4.58. The molecule has 108 valence electrons. The highest BCUT2D eigenvalue weighted by Crippen LogP contribution is 2.19. The van der Waals surface area contributed by atoms with Crippen molar-refractivity contribution >= 4 is 16.9 Å². The van der Waals surface area contributed by atoms with Crippen LogP contribution in [-0.4, -0.2) is 16.2 Å². The number of hydrogen-bond donors (Lipinski definition) is 1. The number of nitrogen functional groups attached to an aromatic ring is 1. The van der Waals surface area contributed by atoms with Crippen LogP contribution in [0.5, 0.6) is 5.75 Å². The quantitative estimate of drug-likeness (QED) is 0.573. The molecule has 2 aromatic heterocycles. The molecule has 1 aromatic carbocycles. The number of oxazole rings is 1. The predicted octanol–water partition coefficient (Wildman–Crippen LogP) is 2.04. The number of nitrogens with zero attached hydrogens (tertiary/aromatic N) is 2. The molecule has 0 unspecified atom stereocenters. The lowest BCUT2D eigenvalue weighted by molar-refractivity contribution is 0.301. The molecule has 0 saturated carbocycles. The van der Waals surface area contributed by atoms with E-state index >= 15 is 0 Å². The number of aryl methyl sites for hydroxylation is 1. The van der Waals surface area contributed by atoms with Crippen molar-refractivity contribution in [3.63, 3.8) is 0 Å². The van der Waals surface area contributed by atoms with Gasteiger partial charge in [0, 0.05) is 12.7 Å². The first-order chi connectivity index (χ1) is 10.3. The van der Waals surface area contributed by atoms with Crippen LogP contribution in [0.1, 0.15) is 6.42 Å². The Hall–Kier alpha value is -2.76. The Morgan fingerprint density at radius 2 is 2.10 bits per heavy atom. The van der Waals surface area contributed by atoms with Crippen molar-refractivity contribution in [2.75, 3.05) is 12.3 Å². The zero-order chi connectivity index (χ0) is 14.7. The van der Waals surface area contributed by atoms with Gasteiger partial charge in [-0.1, -0.05) is 12.1 Å². The van der Waals surface area contributed by atoms with Crippen LogP contribution < -0.4 is 16.2 Å². The minimum absolute atomic E-state index is 0.400. The van der Waals surface area contributed by atoms with Crippen LogP contribution in [0.25, 0.3) is 11.2 Å². The van der Waals surface area contributed by atoms with Gasteiger partial charge >= 0.3 is 5.76 Å². The van der Waals surface area contributed by atoms with Gasteiger partial charge in [-0.05, 0) is 30.7 Å². The summed E-state index contributed by atoms with van der Waals surface area (Å²) in [5.74, 6) is 0.253. The van der Waals surface area contributed by atoms with Crippen molar-refractivity contribution in [3.8, 4) is 5.75 Å². The normalized spacial score (nSPS) is 10.9. The van der Waals surface area contributed by atoms with Gasteiger partial charge in [-0.2, -0.15) is 0 Å². The lowest BCUT2D eigenvalue weighted by Crippen LogP contribution is -2.16. The molecule has 0 aliphatic carbocycles. The van der Waals surface area contributed by atoms with Crippen LogP contribution in [0.2, 0.25) is 0 Å². The van der Waals surface area contributed by atoms with Gasteiger partial charge in [0.2, 0.25) is 0 Å². The monoisotopic (exact) mass is 285 g/mol. The third-order valence-corrected chi connectivity index (χ3v) is 3.13. The minimum Gasteiger partial charge on any atom is -0.491 e. The Kier molecular flexibility index (Phi) is 3.59. The topological polar surface area (TPSA) is 83.3 Å². The summed E-state index contributed by atoms with van der Waals surface area (Å²) in [4.78, 5) is 15.9. The summed E-state index contributed by atoms with van der Waals surface area (Å²) in [7, 11) is 0. The standard InChI is InChI=1S/C15H15N3O3/c16-11-5-1-2-6-12(11)20-10-4-9-18-14-13(21-15(18)19)7-3-8-17-14/h1-3,5-8H,4,9-10,16H2. The van der Waals surface area contributed by atoms with Gasteiger partial charge in [-0.15, -0.1) is 0 Å². The molecule has 0 atom stereocenters. The number of anilines is 1. The fourth-order valence-electron chi connectivity index (χ4n) is 2.11. The molecule has 0 amide bonds. The molecule has 0 fully saturated rings. The van der Waals surface area contributed by atoms with Crippen LogP contribution in [0.4, 0.5) is 5.69 Å². The second kappa shape index (κ2) is 5.70. The zero-order valence-electron chi connectivity index (χ0n) is 11.4. The SMILES string of the molecule is Nc1ccccc1OCCCn1c(=O)oc2cccnc21. The van der Waals surface area contributed by atoms with E-state index < -0.39 is 5.76 Å². The Balaban J connectivity index is 1.64. The van der Waals surface area contributed by atoms with Crippen molar-refractivity contribution in [1.29, 1.82) is 0 Å². The molecular weight excluding hydrogens is 270 g/mol. The van der Waals surface area contributed by atoms with Crippen LogP contribution in [-0.2, 0) is 6.54 Å². The van der Waals surface area contributed by atoms with Gasteiger partial charge in [0.05, 0.1) is 12.3 Å². The van der Waals surface area contributed by atoms with Gasteiger partial charge in [0.25, 0.3) is 0 Å². The molecule has 0 aliphatic rings. The van der Waals surface area contributed by atoms with Crippen molar-refractivity contribution in [3.05, 3.63) is 53.1 Å². The number of benzene rings is 1. The third-order valence-electron chi connectivity index (χ3n) is 3.13. The van der Waals surface area contributed by atoms with Crippen LogP contribution >= 0.6 is 0 Å². The van der Waals surface area contributed by atoms with Gasteiger partial charge < -0.3 is 14.9 Å². The van der Waals surface area contributed by atoms with Gasteiger partial charge in [0.1, 0.15) is 5.75 Å². The van der Waals surface area contributed by atoms with Crippen LogP contribution in [0, 0.1) is 0 Å². The molecule has 0 bridgehead atoms. The molecule has 0 radical (unpaired) electrons. The summed E-state index contributed by atoms with van der Waals surface area (Å²) < 4.78 is 12.2. The number of aromatic nitrogens is 2. The van der Waals surface area contributed by atoms with Crippen LogP contribution in [0.15, 0.2) is 51.8 Å². The number of rotatable bonds is 5. The van der Waals surface area contributed by atoms with Crippen LogP contribution in [0.3, 0.4) is 0 Å². The summed E-state index contributed by atoms with van der Waals surface area (Å²) >= 11 is 0. The highest BCUT2D eigenvalue weighted by atomic mass is 16.5. The zero-order valence-corrected chi connectivity index (χ0v) is 11.4. The van der Waals surface area contributed by atoms with E-state index in [1.165, 1.54) is 4.57 Å². The van der Waals surface area contributed by atoms with Crippen molar-refractivity contribution < 1.29 is 9.15 Å². The molecule has 21 heavy (non-hydrogen) atoms. The molecule has 6 heteroatoms. The molecule has 6 nitrogen and oxygen atoms in total. The third kappa shape index (κ3) is 2.74. The number of para-hydroxylation sites is 2. The summed E-state index contributed by atoms with van der Waals surface area (Å²) in [6, 6.07) is 10.8. The number of ether oxygens (including phenoxy) is 1. The van der Waals surface area contributed by atoms with E-state index in [1.807, 2.05) is 18.2 Å². The molecule has 0 aliphatic heterocycles. The molecule has 0 spiro atoms. The van der Waals surface area contributed by atoms with E-state index in [4.69, 9.17) is 14.9 Å².